The Morgan fingerprint density at radius 2 is 1.69 bits per heavy atom. The number of hydrogen-bond donors (Lipinski definition) is 2. The molecule has 0 atom stereocenters. The average molecular weight is 206 g/mol. The second-order valence-electron chi connectivity index (χ2n) is 3.47. The second-order valence-corrected chi connectivity index (χ2v) is 5.71. The molecule has 78 valence electrons. The van der Waals surface area contributed by atoms with Gasteiger partial charge >= 0.3 is 0 Å². The van der Waals surface area contributed by atoms with Crippen molar-refractivity contribution in [3.63, 3.8) is 0 Å². The molecule has 0 aliphatic rings. The van der Waals surface area contributed by atoms with Crippen LogP contribution in [0.15, 0.2) is 12.4 Å². The normalized spacial score (nSPS) is 11.8. The molecule has 0 aliphatic carbocycles. The Bertz CT molecular complexity index is 268. The van der Waals surface area contributed by atoms with Gasteiger partial charge in [0.25, 0.3) is 0 Å². The fourth-order valence-electron chi connectivity index (χ4n) is 0.667. The number of rotatable bonds is 5. The molecular formula is C8H18N2O2S. The first kappa shape index (κ1) is 12.3. The Labute approximate surface area is 80.5 Å². The summed E-state index contributed by atoms with van der Waals surface area (Å²) in [5.74, 6) is 0.323. The van der Waals surface area contributed by atoms with Gasteiger partial charge in [-0.05, 0) is 27.7 Å². The maximum absolute atomic E-state index is 11.3. The minimum absolute atomic E-state index is 0.169. The summed E-state index contributed by atoms with van der Waals surface area (Å²) >= 11 is 0. The van der Waals surface area contributed by atoms with Crippen LogP contribution in [0.2, 0.25) is 0 Å². The summed E-state index contributed by atoms with van der Waals surface area (Å²) < 4.78 is 25.0. The molecule has 0 rings (SSSR count). The summed E-state index contributed by atoms with van der Waals surface area (Å²) in [7, 11) is -3.26. The van der Waals surface area contributed by atoms with Crippen molar-refractivity contribution in [3.05, 3.63) is 12.4 Å². The maximum atomic E-state index is 11.3. The smallest absolute Gasteiger partial charge is 0.236 e. The van der Waals surface area contributed by atoms with Crippen LogP contribution in [0.5, 0.6) is 0 Å². The lowest BCUT2D eigenvalue weighted by atomic mass is 10.4. The van der Waals surface area contributed by atoms with E-state index < -0.39 is 15.3 Å². The number of nitrogens with one attached hydrogen (secondary N) is 2. The van der Waals surface area contributed by atoms with Gasteiger partial charge in [0.1, 0.15) is 5.82 Å². The van der Waals surface area contributed by atoms with Crippen LogP contribution in [0.25, 0.3) is 0 Å². The van der Waals surface area contributed by atoms with E-state index in [0.29, 0.717) is 5.82 Å². The molecule has 0 bridgehead atoms. The van der Waals surface area contributed by atoms with Crippen LogP contribution < -0.4 is 10.0 Å². The van der Waals surface area contributed by atoms with Gasteiger partial charge < -0.3 is 5.32 Å². The van der Waals surface area contributed by atoms with E-state index in [1.807, 2.05) is 13.8 Å². The predicted molar refractivity (Wildman–Crippen MR) is 54.6 cm³/mol. The highest BCUT2D eigenvalue weighted by Gasteiger charge is 2.15. The highest BCUT2D eigenvalue weighted by Crippen LogP contribution is 1.98. The van der Waals surface area contributed by atoms with Gasteiger partial charge in [-0.25, -0.2) is 8.42 Å². The van der Waals surface area contributed by atoms with E-state index in [9.17, 15) is 8.42 Å². The summed E-state index contributed by atoms with van der Waals surface area (Å²) in [4.78, 5) is 0. The fraction of sp³-hybridized carbons (Fsp3) is 0.750. The van der Waals surface area contributed by atoms with Crippen molar-refractivity contribution in [1.29, 1.82) is 0 Å². The third-order valence-electron chi connectivity index (χ3n) is 1.35. The highest BCUT2D eigenvalue weighted by atomic mass is 32.2. The molecule has 0 heterocycles. The van der Waals surface area contributed by atoms with E-state index in [1.165, 1.54) is 0 Å². The van der Waals surface area contributed by atoms with E-state index in [2.05, 4.69) is 16.6 Å². The Morgan fingerprint density at radius 3 is 2.00 bits per heavy atom. The molecule has 4 nitrogen and oxygen atoms in total. The molecule has 0 aromatic carbocycles. The van der Waals surface area contributed by atoms with E-state index in [4.69, 9.17) is 0 Å². The molecule has 0 fully saturated rings. The second kappa shape index (κ2) is 4.50. The van der Waals surface area contributed by atoms with Gasteiger partial charge in [0, 0.05) is 6.04 Å². The largest absolute Gasteiger partial charge is 0.369 e. The van der Waals surface area contributed by atoms with Crippen molar-refractivity contribution in [2.75, 3.05) is 0 Å². The van der Waals surface area contributed by atoms with Crippen molar-refractivity contribution in [1.82, 2.24) is 10.0 Å². The van der Waals surface area contributed by atoms with Crippen LogP contribution in [0.1, 0.15) is 27.7 Å². The van der Waals surface area contributed by atoms with Crippen LogP contribution in [-0.2, 0) is 10.0 Å². The predicted octanol–water partition coefficient (Wildman–Crippen LogP) is 0.783. The lowest BCUT2D eigenvalue weighted by molar-refractivity contribution is 0.570. The van der Waals surface area contributed by atoms with Gasteiger partial charge in [-0.1, -0.05) is 6.58 Å². The first-order valence-corrected chi connectivity index (χ1v) is 5.77. The number of sulfonamides is 1. The van der Waals surface area contributed by atoms with E-state index in [0.717, 1.165) is 0 Å². The van der Waals surface area contributed by atoms with Crippen molar-refractivity contribution in [2.24, 2.45) is 0 Å². The van der Waals surface area contributed by atoms with Gasteiger partial charge in [0.2, 0.25) is 10.0 Å². The highest BCUT2D eigenvalue weighted by molar-refractivity contribution is 7.90. The zero-order valence-corrected chi connectivity index (χ0v) is 9.40. The Balaban J connectivity index is 4.22. The molecule has 0 spiro atoms. The van der Waals surface area contributed by atoms with Crippen molar-refractivity contribution in [2.45, 2.75) is 39.0 Å². The monoisotopic (exact) mass is 206 g/mol. The zero-order valence-electron chi connectivity index (χ0n) is 8.59. The lowest BCUT2D eigenvalue weighted by Crippen LogP contribution is -2.37. The molecule has 0 aliphatic heterocycles. The zero-order chi connectivity index (χ0) is 10.6. The molecule has 5 heteroatoms. The quantitative estimate of drug-likeness (QED) is 0.699. The molecule has 13 heavy (non-hydrogen) atoms. The molecule has 0 aromatic heterocycles. The summed E-state index contributed by atoms with van der Waals surface area (Å²) in [6.07, 6.45) is 0. The third kappa shape index (κ3) is 4.77. The molecule has 0 amide bonds. The van der Waals surface area contributed by atoms with Crippen molar-refractivity contribution in [3.8, 4) is 0 Å². The third-order valence-corrected chi connectivity index (χ3v) is 3.12. The molecule has 0 aromatic rings. The summed E-state index contributed by atoms with van der Waals surface area (Å²) in [5.41, 5.74) is 0. The Kier molecular flexibility index (Phi) is 4.26. The van der Waals surface area contributed by atoms with Gasteiger partial charge in [-0.15, -0.1) is 0 Å². The van der Waals surface area contributed by atoms with E-state index in [1.54, 1.807) is 13.8 Å². The first-order chi connectivity index (χ1) is 5.75. The summed E-state index contributed by atoms with van der Waals surface area (Å²) in [6, 6.07) is 0.169. The Morgan fingerprint density at radius 1 is 1.23 bits per heavy atom. The maximum Gasteiger partial charge on any atom is 0.236 e. The lowest BCUT2D eigenvalue weighted by Gasteiger charge is -2.16. The number of hydrogen-bond acceptors (Lipinski definition) is 3. The van der Waals surface area contributed by atoms with Crippen molar-refractivity contribution < 1.29 is 8.42 Å². The Hall–Kier alpha value is -0.710. The van der Waals surface area contributed by atoms with Crippen LogP contribution in [-0.4, -0.2) is 19.7 Å². The fourth-order valence-corrected chi connectivity index (χ4v) is 1.31. The van der Waals surface area contributed by atoms with Crippen LogP contribution in [0.3, 0.4) is 0 Å². The standard InChI is InChI=1S/C8H18N2O2S/c1-6(2)9-8(5)10-13(11,12)7(3)4/h6-7,9-10H,5H2,1-4H3. The molecular weight excluding hydrogens is 188 g/mol. The molecule has 0 saturated carbocycles. The van der Waals surface area contributed by atoms with E-state index in [-0.39, 0.29) is 6.04 Å². The average Bonchev–Trinajstić information content (AvgIpc) is 1.82. The molecule has 2 N–H and O–H groups in total. The van der Waals surface area contributed by atoms with E-state index >= 15 is 0 Å². The minimum atomic E-state index is -3.26. The first-order valence-electron chi connectivity index (χ1n) is 4.22. The van der Waals surface area contributed by atoms with Crippen LogP contribution in [0.4, 0.5) is 0 Å². The van der Waals surface area contributed by atoms with Crippen molar-refractivity contribution >= 4 is 10.0 Å². The van der Waals surface area contributed by atoms with Gasteiger partial charge in [0.15, 0.2) is 0 Å². The minimum Gasteiger partial charge on any atom is -0.369 e. The SMILES string of the molecule is C=C(NC(C)C)NS(=O)(=O)C(C)C. The summed E-state index contributed by atoms with van der Waals surface area (Å²) in [6.45, 7) is 10.6. The summed E-state index contributed by atoms with van der Waals surface area (Å²) in [5, 5.41) is 2.42. The molecule has 0 radical (unpaired) electrons. The van der Waals surface area contributed by atoms with Gasteiger partial charge in [-0.3, -0.25) is 4.72 Å². The van der Waals surface area contributed by atoms with Gasteiger partial charge in [-0.2, -0.15) is 0 Å². The topological polar surface area (TPSA) is 58.2 Å². The van der Waals surface area contributed by atoms with Crippen LogP contribution >= 0.6 is 0 Å². The molecule has 0 saturated heterocycles. The van der Waals surface area contributed by atoms with Crippen LogP contribution in [0, 0.1) is 0 Å². The van der Waals surface area contributed by atoms with Gasteiger partial charge in [0.05, 0.1) is 5.25 Å². The molecule has 0 unspecified atom stereocenters.